The lowest BCUT2D eigenvalue weighted by atomic mass is 9.89. The van der Waals surface area contributed by atoms with Crippen LogP contribution >= 0.6 is 11.3 Å². The zero-order valence-corrected chi connectivity index (χ0v) is 25.0. The van der Waals surface area contributed by atoms with Crippen molar-refractivity contribution in [1.29, 1.82) is 0 Å². The molecule has 10 rings (SSSR count). The van der Waals surface area contributed by atoms with Gasteiger partial charge in [-0.2, -0.15) is 0 Å². The highest BCUT2D eigenvalue weighted by molar-refractivity contribution is 7.26. The average Bonchev–Trinajstić information content (AvgIpc) is 3.79. The molecule has 0 spiro atoms. The number of thiophene rings is 1. The van der Waals surface area contributed by atoms with Gasteiger partial charge in [-0.25, -0.2) is 4.98 Å². The number of para-hydroxylation sites is 1. The van der Waals surface area contributed by atoms with Gasteiger partial charge in [0, 0.05) is 48.6 Å². The maximum absolute atomic E-state index is 6.56. The van der Waals surface area contributed by atoms with E-state index in [0.29, 0.717) is 11.8 Å². The van der Waals surface area contributed by atoms with E-state index in [2.05, 4.69) is 151 Å². The highest BCUT2D eigenvalue weighted by Crippen LogP contribution is 2.48. The SMILES string of the molecule is C1=c2ccccc2=CC2C1c1ccccc1N2c1ccc(-c2nc3c(cc(-c4ccccc4)c4sc5ccccc5c43)o2)cc1. The van der Waals surface area contributed by atoms with E-state index in [1.807, 2.05) is 11.3 Å². The summed E-state index contributed by atoms with van der Waals surface area (Å²) in [5.74, 6) is 0.957. The highest BCUT2D eigenvalue weighted by Gasteiger charge is 2.37. The van der Waals surface area contributed by atoms with Gasteiger partial charge in [0.15, 0.2) is 5.58 Å². The first-order chi connectivity index (χ1) is 22.3. The quantitative estimate of drug-likeness (QED) is 0.204. The van der Waals surface area contributed by atoms with Crippen molar-refractivity contribution in [2.24, 2.45) is 0 Å². The minimum absolute atomic E-state index is 0.226. The fraction of sp³-hybridized carbons (Fsp3) is 0.0488. The van der Waals surface area contributed by atoms with Crippen LogP contribution in [0, 0.1) is 0 Å². The summed E-state index contributed by atoms with van der Waals surface area (Å²) in [5, 5.41) is 4.99. The Morgan fingerprint density at radius 3 is 2.27 bits per heavy atom. The molecule has 4 heteroatoms. The number of hydrogen-bond acceptors (Lipinski definition) is 4. The molecule has 0 bridgehead atoms. The molecule has 212 valence electrons. The molecular formula is C41H26N2OS. The molecule has 2 atom stereocenters. The largest absolute Gasteiger partial charge is 0.436 e. The van der Waals surface area contributed by atoms with Crippen LogP contribution in [0.5, 0.6) is 0 Å². The second-order valence-electron chi connectivity index (χ2n) is 11.9. The van der Waals surface area contributed by atoms with E-state index in [1.54, 1.807) is 0 Å². The molecule has 0 fully saturated rings. The Labute approximate surface area is 263 Å². The van der Waals surface area contributed by atoms with Crippen LogP contribution in [0.3, 0.4) is 0 Å². The Bertz CT molecular complexity index is 2560. The lowest BCUT2D eigenvalue weighted by Crippen LogP contribution is -2.38. The average molecular weight is 595 g/mol. The Hall–Kier alpha value is -5.45. The predicted molar refractivity (Wildman–Crippen MR) is 188 cm³/mol. The summed E-state index contributed by atoms with van der Waals surface area (Å²) < 4.78 is 9.06. The number of benzene rings is 6. The molecule has 0 amide bonds. The number of aromatic nitrogens is 1. The first-order valence-corrected chi connectivity index (χ1v) is 16.2. The molecule has 6 aromatic carbocycles. The van der Waals surface area contributed by atoms with Crippen molar-refractivity contribution in [3.8, 4) is 22.6 Å². The van der Waals surface area contributed by atoms with Gasteiger partial charge in [0.25, 0.3) is 0 Å². The van der Waals surface area contributed by atoms with Gasteiger partial charge in [0.05, 0.1) is 6.04 Å². The Balaban J connectivity index is 1.10. The molecule has 2 aliphatic rings. The fourth-order valence-electron chi connectivity index (χ4n) is 7.36. The Kier molecular flexibility index (Phi) is 5.28. The van der Waals surface area contributed by atoms with Crippen LogP contribution < -0.4 is 15.3 Å². The predicted octanol–water partition coefficient (Wildman–Crippen LogP) is 9.41. The van der Waals surface area contributed by atoms with Gasteiger partial charge in [-0.15, -0.1) is 11.3 Å². The monoisotopic (exact) mass is 594 g/mol. The molecule has 0 saturated carbocycles. The third kappa shape index (κ3) is 3.73. The second kappa shape index (κ2) is 9.52. The number of rotatable bonds is 3. The summed E-state index contributed by atoms with van der Waals surface area (Å²) in [4.78, 5) is 7.62. The topological polar surface area (TPSA) is 29.3 Å². The number of oxazole rings is 1. The maximum atomic E-state index is 6.56. The lowest BCUT2D eigenvalue weighted by molar-refractivity contribution is 0.620. The van der Waals surface area contributed by atoms with Crippen LogP contribution in [0.25, 0.3) is 66.0 Å². The maximum Gasteiger partial charge on any atom is 0.227 e. The van der Waals surface area contributed by atoms with E-state index in [0.717, 1.165) is 22.4 Å². The van der Waals surface area contributed by atoms with Crippen LogP contribution in [0.15, 0.2) is 138 Å². The Morgan fingerprint density at radius 2 is 1.40 bits per heavy atom. The van der Waals surface area contributed by atoms with Crippen LogP contribution in [0.2, 0.25) is 0 Å². The van der Waals surface area contributed by atoms with Crippen molar-refractivity contribution in [3.05, 3.63) is 149 Å². The van der Waals surface area contributed by atoms with Gasteiger partial charge in [-0.1, -0.05) is 103 Å². The molecule has 0 radical (unpaired) electrons. The number of nitrogens with zero attached hydrogens (tertiary/aromatic N) is 2. The van der Waals surface area contributed by atoms with Crippen molar-refractivity contribution in [3.63, 3.8) is 0 Å². The van der Waals surface area contributed by atoms with Crippen LogP contribution in [-0.4, -0.2) is 11.0 Å². The summed E-state index contributed by atoms with van der Waals surface area (Å²) >= 11 is 1.83. The van der Waals surface area contributed by atoms with Gasteiger partial charge in [0.1, 0.15) is 5.52 Å². The lowest BCUT2D eigenvalue weighted by Gasteiger charge is -2.29. The molecule has 1 aliphatic heterocycles. The summed E-state index contributed by atoms with van der Waals surface area (Å²) in [6.07, 6.45) is 4.86. The summed E-state index contributed by atoms with van der Waals surface area (Å²) in [5.41, 5.74) is 8.87. The van der Waals surface area contributed by atoms with Crippen LogP contribution in [0.1, 0.15) is 11.5 Å². The summed E-state index contributed by atoms with van der Waals surface area (Å²) in [7, 11) is 0. The summed E-state index contributed by atoms with van der Waals surface area (Å²) in [6, 6.07) is 47.8. The fourth-order valence-corrected chi connectivity index (χ4v) is 8.60. The van der Waals surface area contributed by atoms with E-state index in [-0.39, 0.29) is 6.04 Å². The van der Waals surface area contributed by atoms with Crippen LogP contribution in [-0.2, 0) is 0 Å². The highest BCUT2D eigenvalue weighted by atomic mass is 32.1. The van der Waals surface area contributed by atoms with Gasteiger partial charge in [0.2, 0.25) is 5.89 Å². The third-order valence-electron chi connectivity index (χ3n) is 9.41. The minimum Gasteiger partial charge on any atom is -0.436 e. The van der Waals surface area contributed by atoms with Gasteiger partial charge < -0.3 is 9.32 Å². The van der Waals surface area contributed by atoms with E-state index in [1.165, 1.54) is 53.0 Å². The van der Waals surface area contributed by atoms with Crippen molar-refractivity contribution in [2.75, 3.05) is 4.90 Å². The van der Waals surface area contributed by atoms with Gasteiger partial charge in [-0.05, 0) is 64.0 Å². The van der Waals surface area contributed by atoms with Crippen molar-refractivity contribution >= 4 is 66.1 Å². The van der Waals surface area contributed by atoms with E-state index >= 15 is 0 Å². The molecule has 2 aromatic heterocycles. The summed E-state index contributed by atoms with van der Waals surface area (Å²) in [6.45, 7) is 0. The van der Waals surface area contributed by atoms with Crippen LogP contribution in [0.4, 0.5) is 11.4 Å². The van der Waals surface area contributed by atoms with Crippen molar-refractivity contribution < 1.29 is 4.42 Å². The van der Waals surface area contributed by atoms with E-state index in [4.69, 9.17) is 9.40 Å². The number of anilines is 2. The zero-order valence-electron chi connectivity index (χ0n) is 24.2. The smallest absolute Gasteiger partial charge is 0.227 e. The molecular weight excluding hydrogens is 569 g/mol. The standard InChI is InChI=1S/C41H26N2OS/c1-2-10-25(11-3-1)32-24-36-39(38-31-15-7-9-17-37(31)45-40(32)38)42-41(44-36)26-18-20-29(21-19-26)43-34-16-8-6-14-30(34)33-22-27-12-4-5-13-28(27)23-35(33)43/h1-24,33,35H. The van der Waals surface area contributed by atoms with E-state index in [9.17, 15) is 0 Å². The first kappa shape index (κ1) is 24.9. The molecule has 3 heterocycles. The minimum atomic E-state index is 0.226. The normalized spacial score (nSPS) is 16.8. The molecule has 45 heavy (non-hydrogen) atoms. The van der Waals surface area contributed by atoms with Gasteiger partial charge in [-0.3, -0.25) is 0 Å². The third-order valence-corrected chi connectivity index (χ3v) is 10.6. The molecule has 1 aliphatic carbocycles. The second-order valence-corrected chi connectivity index (χ2v) is 13.0. The molecule has 2 unspecified atom stereocenters. The molecule has 8 aromatic rings. The number of hydrogen-bond donors (Lipinski definition) is 0. The first-order valence-electron chi connectivity index (χ1n) is 15.4. The molecule has 3 nitrogen and oxygen atoms in total. The van der Waals surface area contributed by atoms with Gasteiger partial charge >= 0.3 is 0 Å². The Morgan fingerprint density at radius 1 is 0.667 bits per heavy atom. The van der Waals surface area contributed by atoms with Crippen molar-refractivity contribution in [2.45, 2.75) is 12.0 Å². The molecule has 0 N–H and O–H groups in total. The number of fused-ring (bicyclic) bond motifs is 9. The zero-order chi connectivity index (χ0) is 29.5. The molecule has 0 saturated heterocycles. The van der Waals surface area contributed by atoms with Crippen molar-refractivity contribution in [1.82, 2.24) is 4.98 Å². The van der Waals surface area contributed by atoms with E-state index < -0.39 is 0 Å².